The van der Waals surface area contributed by atoms with Crippen molar-refractivity contribution < 1.29 is 4.92 Å². The van der Waals surface area contributed by atoms with Crippen LogP contribution in [-0.2, 0) is 6.54 Å². The molecular weight excluding hydrogens is 362 g/mol. The Balaban J connectivity index is 1.67. The van der Waals surface area contributed by atoms with E-state index in [1.807, 2.05) is 48.9 Å². The molecule has 7 nitrogen and oxygen atoms in total. The van der Waals surface area contributed by atoms with Crippen molar-refractivity contribution in [2.24, 2.45) is 0 Å². The van der Waals surface area contributed by atoms with Crippen molar-refractivity contribution in [3.8, 4) is 0 Å². The number of nitro groups is 1. The highest BCUT2D eigenvalue weighted by atomic mass is 32.1. The van der Waals surface area contributed by atoms with Crippen molar-refractivity contribution >= 4 is 34.4 Å². The predicted molar refractivity (Wildman–Crippen MR) is 110 cm³/mol. The normalized spacial score (nSPS) is 10.4. The van der Waals surface area contributed by atoms with Gasteiger partial charge in [-0.15, -0.1) is 0 Å². The van der Waals surface area contributed by atoms with Crippen LogP contribution >= 0.6 is 12.2 Å². The minimum atomic E-state index is -0.440. The maximum Gasteiger partial charge on any atom is 0.271 e. The Hall–Kier alpha value is -3.26. The Morgan fingerprint density at radius 2 is 1.78 bits per heavy atom. The number of nitro benzene ring substituents is 1. The minimum absolute atomic E-state index is 0.00897. The number of nitrogens with zero attached hydrogens (tertiary/aromatic N) is 3. The molecular formula is C19H19N5O2S. The molecule has 3 rings (SSSR count). The fraction of sp³-hybridized carbons (Fsp3) is 0.158. The van der Waals surface area contributed by atoms with Gasteiger partial charge in [-0.1, -0.05) is 18.2 Å². The molecule has 8 heteroatoms. The second-order valence-corrected chi connectivity index (χ2v) is 6.58. The predicted octanol–water partition coefficient (Wildman–Crippen LogP) is 4.27. The van der Waals surface area contributed by atoms with Crippen LogP contribution in [0.2, 0.25) is 0 Å². The minimum Gasteiger partial charge on any atom is -0.332 e. The monoisotopic (exact) mass is 381 g/mol. The van der Waals surface area contributed by atoms with E-state index in [-0.39, 0.29) is 5.69 Å². The van der Waals surface area contributed by atoms with Crippen LogP contribution in [0.25, 0.3) is 0 Å². The molecule has 0 fully saturated rings. The molecule has 0 bridgehead atoms. The number of non-ortho nitro benzene ring substituents is 1. The maximum atomic E-state index is 10.9. The Morgan fingerprint density at radius 3 is 2.41 bits per heavy atom. The lowest BCUT2D eigenvalue weighted by Gasteiger charge is -2.12. The van der Waals surface area contributed by atoms with E-state index in [2.05, 4.69) is 15.7 Å². The molecule has 0 atom stereocenters. The molecule has 0 spiro atoms. The van der Waals surface area contributed by atoms with Crippen molar-refractivity contribution in [2.45, 2.75) is 20.4 Å². The summed E-state index contributed by atoms with van der Waals surface area (Å²) in [6.45, 7) is 4.67. The van der Waals surface area contributed by atoms with Crippen LogP contribution in [0.4, 0.5) is 17.1 Å². The second-order valence-electron chi connectivity index (χ2n) is 6.17. The number of aryl methyl sites for hydroxylation is 2. The molecule has 0 saturated carbocycles. The number of hydrogen-bond acceptors (Lipinski definition) is 4. The van der Waals surface area contributed by atoms with E-state index in [1.54, 1.807) is 12.1 Å². The molecule has 0 aliphatic heterocycles. The summed E-state index contributed by atoms with van der Waals surface area (Å²) in [5.74, 6) is 0. The van der Waals surface area contributed by atoms with Gasteiger partial charge in [0, 0.05) is 29.2 Å². The molecule has 2 aromatic carbocycles. The van der Waals surface area contributed by atoms with Gasteiger partial charge in [0.2, 0.25) is 0 Å². The van der Waals surface area contributed by atoms with E-state index in [9.17, 15) is 10.1 Å². The highest BCUT2D eigenvalue weighted by Crippen LogP contribution is 2.18. The molecule has 0 unspecified atom stereocenters. The van der Waals surface area contributed by atoms with Gasteiger partial charge in [-0.25, -0.2) is 0 Å². The summed E-state index contributed by atoms with van der Waals surface area (Å²) in [6, 6.07) is 16.1. The number of rotatable bonds is 5. The van der Waals surface area contributed by atoms with Gasteiger partial charge in [0.25, 0.3) is 5.69 Å². The summed E-state index contributed by atoms with van der Waals surface area (Å²) in [6.07, 6.45) is 0. The van der Waals surface area contributed by atoms with Gasteiger partial charge in [0.1, 0.15) is 0 Å². The van der Waals surface area contributed by atoms with Gasteiger partial charge in [0.05, 0.1) is 17.2 Å². The number of anilines is 2. The van der Waals surface area contributed by atoms with Gasteiger partial charge >= 0.3 is 0 Å². The van der Waals surface area contributed by atoms with Crippen molar-refractivity contribution in [2.75, 3.05) is 10.6 Å². The van der Waals surface area contributed by atoms with E-state index in [0.29, 0.717) is 17.3 Å². The average molecular weight is 381 g/mol. The van der Waals surface area contributed by atoms with Crippen LogP contribution in [0.15, 0.2) is 54.6 Å². The molecule has 0 saturated heterocycles. The third-order valence-corrected chi connectivity index (χ3v) is 4.14. The number of benzene rings is 2. The van der Waals surface area contributed by atoms with E-state index in [4.69, 9.17) is 12.2 Å². The SMILES string of the molecule is Cc1cc(C)n(Cc2cccc(NC(=S)Nc3cccc([N+](=O)[O-])c3)c2)n1. The summed E-state index contributed by atoms with van der Waals surface area (Å²) < 4.78 is 1.95. The van der Waals surface area contributed by atoms with Crippen molar-refractivity contribution in [1.29, 1.82) is 0 Å². The Kier molecular flexibility index (Phi) is 5.46. The van der Waals surface area contributed by atoms with Crippen LogP contribution in [0, 0.1) is 24.0 Å². The van der Waals surface area contributed by atoms with Crippen LogP contribution in [0.5, 0.6) is 0 Å². The fourth-order valence-electron chi connectivity index (χ4n) is 2.75. The molecule has 0 aliphatic rings. The maximum absolute atomic E-state index is 10.9. The van der Waals surface area contributed by atoms with Crippen molar-refractivity contribution in [3.63, 3.8) is 0 Å². The lowest BCUT2D eigenvalue weighted by Crippen LogP contribution is -2.19. The van der Waals surface area contributed by atoms with Crippen LogP contribution < -0.4 is 10.6 Å². The standard InChI is InChI=1S/C19H19N5O2S/c1-13-9-14(2)23(22-13)12-15-5-3-6-16(10-15)20-19(27)21-17-7-4-8-18(11-17)24(25)26/h3-11H,12H2,1-2H3,(H2,20,21,27). The quantitative estimate of drug-likeness (QED) is 0.390. The number of thiocarbonyl (C=S) groups is 1. The zero-order valence-electron chi connectivity index (χ0n) is 15.0. The van der Waals surface area contributed by atoms with Gasteiger partial charge in [-0.05, 0) is 55.9 Å². The van der Waals surface area contributed by atoms with E-state index < -0.39 is 4.92 Å². The molecule has 27 heavy (non-hydrogen) atoms. The largest absolute Gasteiger partial charge is 0.332 e. The summed E-state index contributed by atoms with van der Waals surface area (Å²) in [7, 11) is 0. The third-order valence-electron chi connectivity index (χ3n) is 3.94. The first-order valence-corrected chi connectivity index (χ1v) is 8.74. The summed E-state index contributed by atoms with van der Waals surface area (Å²) >= 11 is 5.31. The molecule has 0 amide bonds. The van der Waals surface area contributed by atoms with Gasteiger partial charge < -0.3 is 10.6 Å². The molecule has 0 aliphatic carbocycles. The molecule has 1 heterocycles. The first kappa shape index (κ1) is 18.5. The molecule has 1 aromatic heterocycles. The highest BCUT2D eigenvalue weighted by molar-refractivity contribution is 7.80. The van der Waals surface area contributed by atoms with Gasteiger partial charge in [0.15, 0.2) is 5.11 Å². The van der Waals surface area contributed by atoms with E-state index in [0.717, 1.165) is 22.6 Å². The lowest BCUT2D eigenvalue weighted by atomic mass is 10.2. The zero-order valence-corrected chi connectivity index (χ0v) is 15.8. The fourth-order valence-corrected chi connectivity index (χ4v) is 2.98. The number of aromatic nitrogens is 2. The summed E-state index contributed by atoms with van der Waals surface area (Å²) in [5, 5.41) is 21.8. The highest BCUT2D eigenvalue weighted by Gasteiger charge is 2.07. The smallest absolute Gasteiger partial charge is 0.271 e. The Morgan fingerprint density at radius 1 is 1.11 bits per heavy atom. The van der Waals surface area contributed by atoms with Gasteiger partial charge in [-0.2, -0.15) is 5.10 Å². The third kappa shape index (κ3) is 4.89. The van der Waals surface area contributed by atoms with E-state index in [1.165, 1.54) is 12.1 Å². The average Bonchev–Trinajstić information content (AvgIpc) is 2.92. The summed E-state index contributed by atoms with van der Waals surface area (Å²) in [5.41, 5.74) is 4.58. The van der Waals surface area contributed by atoms with Crippen LogP contribution in [0.1, 0.15) is 17.0 Å². The zero-order chi connectivity index (χ0) is 19.4. The molecule has 3 aromatic rings. The van der Waals surface area contributed by atoms with Crippen LogP contribution in [-0.4, -0.2) is 19.8 Å². The first-order valence-electron chi connectivity index (χ1n) is 8.33. The van der Waals surface area contributed by atoms with Gasteiger partial charge in [-0.3, -0.25) is 14.8 Å². The number of nitrogens with one attached hydrogen (secondary N) is 2. The first-order chi connectivity index (χ1) is 12.9. The summed E-state index contributed by atoms with van der Waals surface area (Å²) in [4.78, 5) is 10.4. The topological polar surface area (TPSA) is 85.0 Å². The molecule has 2 N–H and O–H groups in total. The van der Waals surface area contributed by atoms with Crippen LogP contribution in [0.3, 0.4) is 0 Å². The lowest BCUT2D eigenvalue weighted by molar-refractivity contribution is -0.384. The van der Waals surface area contributed by atoms with Crippen molar-refractivity contribution in [3.05, 3.63) is 81.7 Å². The second kappa shape index (κ2) is 7.96. The van der Waals surface area contributed by atoms with Crippen molar-refractivity contribution in [1.82, 2.24) is 9.78 Å². The molecule has 138 valence electrons. The Bertz CT molecular complexity index is 999. The Labute approximate surface area is 162 Å². The molecule has 0 radical (unpaired) electrons. The van der Waals surface area contributed by atoms with E-state index >= 15 is 0 Å². The number of hydrogen-bond donors (Lipinski definition) is 2.